The molecular formula is C24H20N2O8. The number of anilines is 1. The molecule has 1 fully saturated rings. The van der Waals surface area contributed by atoms with Crippen molar-refractivity contribution in [1.29, 1.82) is 0 Å². The fraction of sp³-hybridized carbons (Fsp3) is 0.250. The lowest BCUT2D eigenvalue weighted by Gasteiger charge is -2.15. The number of carbonyl (C=O) groups excluding carboxylic acids is 4. The Hall–Kier alpha value is -4.34. The Balaban J connectivity index is 1.40. The number of nitro groups is 1. The van der Waals surface area contributed by atoms with E-state index in [4.69, 9.17) is 9.47 Å². The predicted octanol–water partition coefficient (Wildman–Crippen LogP) is 3.10. The van der Waals surface area contributed by atoms with E-state index in [1.54, 1.807) is 0 Å². The Kier molecular flexibility index (Phi) is 6.22. The Labute approximate surface area is 193 Å². The average molecular weight is 464 g/mol. The first kappa shape index (κ1) is 22.8. The summed E-state index contributed by atoms with van der Waals surface area (Å²) in [6.07, 6.45) is 4.86. The van der Waals surface area contributed by atoms with E-state index in [9.17, 15) is 29.3 Å². The summed E-state index contributed by atoms with van der Waals surface area (Å²) in [5, 5.41) is 11.1. The number of esters is 1. The molecule has 0 spiro atoms. The van der Waals surface area contributed by atoms with E-state index in [1.807, 2.05) is 12.2 Å². The Morgan fingerprint density at radius 1 is 1.00 bits per heavy atom. The van der Waals surface area contributed by atoms with Gasteiger partial charge in [0.1, 0.15) is 0 Å². The SMILES string of the molecule is COc1ccc(C(=O)COC(=O)c2ccc(N3C(=O)[C@H]4CC=CC[C@H]4C3=O)cc2)cc1[N+](=O)[O-]. The number of Topliss-reactive ketones (excluding diaryl/α,β-unsaturated/α-hetero) is 1. The molecule has 2 atom stereocenters. The highest BCUT2D eigenvalue weighted by molar-refractivity contribution is 6.22. The number of carbonyl (C=O) groups is 4. The summed E-state index contributed by atoms with van der Waals surface area (Å²) < 4.78 is 9.94. The normalized spacial score (nSPS) is 19.0. The van der Waals surface area contributed by atoms with Crippen LogP contribution in [0, 0.1) is 22.0 Å². The zero-order valence-corrected chi connectivity index (χ0v) is 18.1. The molecule has 10 nitrogen and oxygen atoms in total. The van der Waals surface area contributed by atoms with E-state index in [1.165, 1.54) is 43.5 Å². The van der Waals surface area contributed by atoms with E-state index in [-0.39, 0.29) is 46.2 Å². The molecule has 0 saturated carbocycles. The molecule has 2 amide bonds. The minimum absolute atomic E-state index is 0.00216. The number of methoxy groups -OCH3 is 1. The van der Waals surface area contributed by atoms with Gasteiger partial charge in [-0.15, -0.1) is 0 Å². The third kappa shape index (κ3) is 4.17. The maximum atomic E-state index is 12.7. The van der Waals surface area contributed by atoms with Crippen molar-refractivity contribution in [2.24, 2.45) is 11.8 Å². The molecule has 0 unspecified atom stereocenters. The number of ketones is 1. The van der Waals surface area contributed by atoms with Crippen LogP contribution < -0.4 is 9.64 Å². The maximum Gasteiger partial charge on any atom is 0.338 e. The monoisotopic (exact) mass is 464 g/mol. The number of ether oxygens (including phenoxy) is 2. The second-order valence-electron chi connectivity index (χ2n) is 7.86. The highest BCUT2D eigenvalue weighted by Crippen LogP contribution is 2.37. The number of amides is 2. The molecule has 1 aliphatic carbocycles. The van der Waals surface area contributed by atoms with Crippen molar-refractivity contribution in [2.45, 2.75) is 12.8 Å². The molecule has 2 aromatic carbocycles. The highest BCUT2D eigenvalue weighted by Gasteiger charge is 2.47. The van der Waals surface area contributed by atoms with Crippen LogP contribution in [0.2, 0.25) is 0 Å². The standard InChI is InChI=1S/C24H20N2O8/c1-33-21-11-8-15(12-19(21)26(31)32)20(27)13-34-24(30)14-6-9-16(10-7-14)25-22(28)17-4-2-3-5-18(17)23(25)29/h2-3,6-12,17-18H,4-5,13H2,1H3/t17-,18+. The molecule has 0 bridgehead atoms. The molecule has 34 heavy (non-hydrogen) atoms. The summed E-state index contributed by atoms with van der Waals surface area (Å²) in [5.74, 6) is -2.64. The van der Waals surface area contributed by atoms with Gasteiger partial charge < -0.3 is 9.47 Å². The van der Waals surface area contributed by atoms with Gasteiger partial charge in [-0.3, -0.25) is 29.4 Å². The molecule has 0 aromatic heterocycles. The van der Waals surface area contributed by atoms with Crippen LogP contribution in [0.25, 0.3) is 0 Å². The van der Waals surface area contributed by atoms with Crippen LogP contribution in [0.3, 0.4) is 0 Å². The summed E-state index contributed by atoms with van der Waals surface area (Å²) >= 11 is 0. The Morgan fingerprint density at radius 3 is 2.15 bits per heavy atom. The zero-order valence-electron chi connectivity index (χ0n) is 18.1. The molecular weight excluding hydrogens is 444 g/mol. The lowest BCUT2D eigenvalue weighted by molar-refractivity contribution is -0.385. The van der Waals surface area contributed by atoms with Crippen LogP contribution in [0.1, 0.15) is 33.6 Å². The van der Waals surface area contributed by atoms with Gasteiger partial charge in [0.05, 0.1) is 35.1 Å². The van der Waals surface area contributed by atoms with Crippen LogP contribution in [0.15, 0.2) is 54.6 Å². The molecule has 174 valence electrons. The van der Waals surface area contributed by atoms with Crippen LogP contribution in [0.4, 0.5) is 11.4 Å². The van der Waals surface area contributed by atoms with E-state index in [0.29, 0.717) is 18.5 Å². The topological polar surface area (TPSA) is 133 Å². The van der Waals surface area contributed by atoms with Gasteiger partial charge in [0.15, 0.2) is 12.4 Å². The van der Waals surface area contributed by atoms with Crippen molar-refractivity contribution in [1.82, 2.24) is 0 Å². The van der Waals surface area contributed by atoms with Crippen LogP contribution in [-0.4, -0.2) is 42.2 Å². The number of rotatable bonds is 7. The summed E-state index contributed by atoms with van der Waals surface area (Å²) in [6, 6.07) is 9.45. The van der Waals surface area contributed by atoms with Gasteiger partial charge in [0.25, 0.3) is 0 Å². The fourth-order valence-electron chi connectivity index (χ4n) is 4.11. The molecule has 1 aliphatic heterocycles. The second-order valence-corrected chi connectivity index (χ2v) is 7.86. The molecule has 10 heteroatoms. The zero-order chi connectivity index (χ0) is 24.4. The van der Waals surface area contributed by atoms with E-state index < -0.39 is 23.3 Å². The summed E-state index contributed by atoms with van der Waals surface area (Å²) in [5.41, 5.74) is 0.104. The van der Waals surface area contributed by atoms with Crippen LogP contribution in [0.5, 0.6) is 5.75 Å². The number of fused-ring (bicyclic) bond motifs is 1. The first-order valence-corrected chi connectivity index (χ1v) is 10.5. The van der Waals surface area contributed by atoms with E-state index in [2.05, 4.69) is 0 Å². The molecule has 0 N–H and O–H groups in total. The first-order valence-electron chi connectivity index (χ1n) is 10.5. The molecule has 1 saturated heterocycles. The van der Waals surface area contributed by atoms with Gasteiger partial charge in [-0.25, -0.2) is 4.79 Å². The number of benzene rings is 2. The van der Waals surface area contributed by atoms with Crippen molar-refractivity contribution in [3.05, 3.63) is 75.9 Å². The van der Waals surface area contributed by atoms with Gasteiger partial charge in [-0.1, -0.05) is 12.2 Å². The summed E-state index contributed by atoms with van der Waals surface area (Å²) in [4.78, 5) is 61.7. The second kappa shape index (κ2) is 9.26. The van der Waals surface area contributed by atoms with E-state index >= 15 is 0 Å². The summed E-state index contributed by atoms with van der Waals surface area (Å²) in [6.45, 7) is -0.622. The van der Waals surface area contributed by atoms with Crippen molar-refractivity contribution in [3.8, 4) is 5.75 Å². The number of hydrogen-bond donors (Lipinski definition) is 0. The Morgan fingerprint density at radius 2 is 1.59 bits per heavy atom. The van der Waals surface area contributed by atoms with Gasteiger partial charge in [-0.2, -0.15) is 0 Å². The number of nitrogens with zero attached hydrogens (tertiary/aromatic N) is 2. The largest absolute Gasteiger partial charge is 0.490 e. The number of allylic oxidation sites excluding steroid dienone is 2. The minimum Gasteiger partial charge on any atom is -0.490 e. The number of nitro benzene ring substituents is 1. The third-order valence-electron chi connectivity index (χ3n) is 5.90. The van der Waals surface area contributed by atoms with Crippen LogP contribution >= 0.6 is 0 Å². The lowest BCUT2D eigenvalue weighted by Crippen LogP contribution is -2.30. The summed E-state index contributed by atoms with van der Waals surface area (Å²) in [7, 11) is 1.27. The first-order chi connectivity index (χ1) is 16.3. The smallest absolute Gasteiger partial charge is 0.338 e. The van der Waals surface area contributed by atoms with E-state index in [0.717, 1.165) is 11.0 Å². The number of hydrogen-bond acceptors (Lipinski definition) is 8. The molecule has 1 heterocycles. The molecule has 0 radical (unpaired) electrons. The average Bonchev–Trinajstić information content (AvgIpc) is 3.11. The maximum absolute atomic E-state index is 12.7. The van der Waals surface area contributed by atoms with Crippen LogP contribution in [-0.2, 0) is 14.3 Å². The van der Waals surface area contributed by atoms with Crippen molar-refractivity contribution in [2.75, 3.05) is 18.6 Å². The van der Waals surface area contributed by atoms with Gasteiger partial charge >= 0.3 is 11.7 Å². The third-order valence-corrected chi connectivity index (χ3v) is 5.90. The number of imide groups is 1. The fourth-order valence-corrected chi connectivity index (χ4v) is 4.11. The predicted molar refractivity (Wildman–Crippen MR) is 119 cm³/mol. The lowest BCUT2D eigenvalue weighted by atomic mass is 9.85. The molecule has 2 aromatic rings. The molecule has 2 aliphatic rings. The molecule has 4 rings (SSSR count). The quantitative estimate of drug-likeness (QED) is 0.152. The van der Waals surface area contributed by atoms with Gasteiger partial charge in [0, 0.05) is 11.6 Å². The highest BCUT2D eigenvalue weighted by atomic mass is 16.6. The van der Waals surface area contributed by atoms with Crippen molar-refractivity contribution < 1.29 is 33.6 Å². The minimum atomic E-state index is -0.792. The van der Waals surface area contributed by atoms with Crippen molar-refractivity contribution >= 4 is 34.9 Å². The van der Waals surface area contributed by atoms with Gasteiger partial charge in [-0.05, 0) is 49.2 Å². The van der Waals surface area contributed by atoms with Gasteiger partial charge in [0.2, 0.25) is 17.6 Å². The van der Waals surface area contributed by atoms with Crippen molar-refractivity contribution in [3.63, 3.8) is 0 Å². The Bertz CT molecular complexity index is 1190.